The van der Waals surface area contributed by atoms with Gasteiger partial charge in [-0.05, 0) is 0 Å². The first kappa shape index (κ1) is 8.96. The zero-order valence-electron chi connectivity index (χ0n) is 3.30. The molecule has 0 saturated carbocycles. The zero-order valence-corrected chi connectivity index (χ0v) is 9.17. The average molecular weight is 288 g/mol. The van der Waals surface area contributed by atoms with Gasteiger partial charge in [0.05, 0.1) is 0 Å². The van der Waals surface area contributed by atoms with Gasteiger partial charge in [0.25, 0.3) is 0 Å². The molecule has 0 saturated heterocycles. The molecule has 0 aromatic heterocycles. The molecule has 0 unspecified atom stereocenters. The average Bonchev–Trinajstić information content (AvgIpc) is 1.27. The van der Waals surface area contributed by atoms with Gasteiger partial charge in [-0.15, -0.1) is 0 Å². The topological polar surface area (TPSA) is 0 Å². The fourth-order valence-corrected chi connectivity index (χ4v) is 7.04. The van der Waals surface area contributed by atoms with Crippen LogP contribution in [0.1, 0.15) is 0 Å². The fraction of sp³-hybridized carbons (Fsp3) is 1.00. The second kappa shape index (κ2) is 4.80. The second-order valence-corrected chi connectivity index (χ2v) is 12.7. The van der Waals surface area contributed by atoms with Crippen LogP contribution in [0.4, 0.5) is 0 Å². The van der Waals surface area contributed by atoms with Gasteiger partial charge in [-0.25, -0.2) is 0 Å². The Bertz CT molecular complexity index is 39.0. The molecule has 0 atom stereocenters. The third-order valence-electron chi connectivity index (χ3n) is 0.309. The van der Waals surface area contributed by atoms with Crippen LogP contribution >= 0.6 is 41.0 Å². The minimum absolute atomic E-state index is 0.357. The summed E-state index contributed by atoms with van der Waals surface area (Å²) in [6, 6.07) is 0. The van der Waals surface area contributed by atoms with E-state index in [-0.39, 0.29) is 4.84 Å². The molecule has 0 bridgehead atoms. The first-order valence-electron chi connectivity index (χ1n) is 1.58. The minimum atomic E-state index is -2.01. The van der Waals surface area contributed by atoms with E-state index in [1.807, 2.05) is 0 Å². The Kier molecular flexibility index (Phi) is 6.15. The molecule has 0 rings (SSSR count). The van der Waals surface area contributed by atoms with Gasteiger partial charge in [0.2, 0.25) is 0 Å². The molecule has 0 aliphatic heterocycles. The molecule has 0 N–H and O–H groups in total. The number of hydrogen-bond donors (Lipinski definition) is 0. The molecular weight excluding hydrogens is 285 g/mol. The van der Waals surface area contributed by atoms with Gasteiger partial charge in [0, 0.05) is 0 Å². The van der Waals surface area contributed by atoms with Crippen LogP contribution in [0.3, 0.4) is 0 Å². The van der Waals surface area contributed by atoms with Crippen molar-refractivity contribution in [2.45, 2.75) is 9.27 Å². The van der Waals surface area contributed by atoms with Crippen molar-refractivity contribution < 1.29 is 0 Å². The van der Waals surface area contributed by atoms with Crippen LogP contribution in [0, 0.1) is 0 Å². The summed E-state index contributed by atoms with van der Waals surface area (Å²) >= 11 is 8.63. The van der Waals surface area contributed by atoms with E-state index in [1.165, 1.54) is 0 Å². The van der Waals surface area contributed by atoms with E-state index in [0.717, 1.165) is 0 Å². The molecule has 0 aliphatic rings. The molecule has 1 radical (unpaired) electrons. The monoisotopic (exact) mass is 287 g/mol. The van der Waals surface area contributed by atoms with Crippen LogP contribution in [-0.4, -0.2) is 22.3 Å². The van der Waals surface area contributed by atoms with E-state index in [9.17, 15) is 0 Å². The van der Waals surface area contributed by atoms with Crippen molar-refractivity contribution in [1.82, 2.24) is 0 Å². The summed E-state index contributed by atoms with van der Waals surface area (Å²) < 4.78 is 0.620. The van der Waals surface area contributed by atoms with E-state index in [2.05, 4.69) is 0 Å². The third kappa shape index (κ3) is 7.96. The third-order valence-corrected chi connectivity index (χ3v) is 6.21. The maximum absolute atomic E-state index is 5.47. The Labute approximate surface area is 67.2 Å². The second-order valence-electron chi connectivity index (χ2n) is 0.934. The summed E-state index contributed by atoms with van der Waals surface area (Å²) in [5, 5.41) is 0. The molecule has 0 aromatic rings. The van der Waals surface area contributed by atoms with Crippen molar-refractivity contribution >= 4 is 58.6 Å². The Hall–Kier alpha value is 1.96. The molecule has 0 amide bonds. The molecule has 7 heavy (non-hydrogen) atoms. The summed E-state index contributed by atoms with van der Waals surface area (Å²) in [5.41, 5.74) is 0. The number of halogens is 4. The van der Waals surface area contributed by atoms with Gasteiger partial charge in [-0.3, -0.25) is 0 Å². The van der Waals surface area contributed by atoms with Gasteiger partial charge in [0.15, 0.2) is 0 Å². The van der Waals surface area contributed by atoms with Crippen LogP contribution in [0.5, 0.6) is 0 Å². The van der Waals surface area contributed by atoms with Crippen molar-refractivity contribution in [3.63, 3.8) is 0 Å². The Morgan fingerprint density at radius 1 is 1.29 bits per heavy atom. The van der Waals surface area contributed by atoms with Crippen molar-refractivity contribution in [1.29, 1.82) is 0 Å². The van der Waals surface area contributed by atoms with Gasteiger partial charge in [-0.1, -0.05) is 0 Å². The number of alkyl halides is 2. The predicted molar refractivity (Wildman–Crippen MR) is 37.8 cm³/mol. The molecular formula is C2H3Cl4Sn. The van der Waals surface area contributed by atoms with Crippen LogP contribution in [0.15, 0.2) is 0 Å². The Morgan fingerprint density at radius 2 is 1.71 bits per heavy atom. The van der Waals surface area contributed by atoms with Gasteiger partial charge >= 0.3 is 67.8 Å². The fourth-order valence-electron chi connectivity index (χ4n) is 0.117. The molecule has 0 aliphatic carbocycles. The van der Waals surface area contributed by atoms with E-state index < -0.39 is 17.5 Å². The van der Waals surface area contributed by atoms with Crippen molar-refractivity contribution in [3.05, 3.63) is 0 Å². The van der Waals surface area contributed by atoms with E-state index in [4.69, 9.17) is 41.0 Å². The zero-order chi connectivity index (χ0) is 5.86. The summed E-state index contributed by atoms with van der Waals surface area (Å²) in [6.07, 6.45) is 0. The summed E-state index contributed by atoms with van der Waals surface area (Å²) in [5.74, 6) is 0. The van der Waals surface area contributed by atoms with Crippen LogP contribution in [0.2, 0.25) is 4.44 Å². The van der Waals surface area contributed by atoms with E-state index in [0.29, 0.717) is 4.44 Å². The van der Waals surface area contributed by atoms with Crippen LogP contribution < -0.4 is 0 Å². The summed E-state index contributed by atoms with van der Waals surface area (Å²) in [6.45, 7) is 0. The molecule has 5 heteroatoms. The van der Waals surface area contributed by atoms with Gasteiger partial charge < -0.3 is 0 Å². The molecule has 0 heterocycles. The molecule has 0 fully saturated rings. The first-order chi connectivity index (χ1) is 3.13. The van der Waals surface area contributed by atoms with E-state index >= 15 is 0 Å². The van der Waals surface area contributed by atoms with E-state index in [1.54, 1.807) is 0 Å². The van der Waals surface area contributed by atoms with Crippen LogP contribution in [-0.2, 0) is 0 Å². The quantitative estimate of drug-likeness (QED) is 0.541. The maximum atomic E-state index is 5.47. The normalized spacial score (nSPS) is 11.1. The van der Waals surface area contributed by atoms with Gasteiger partial charge in [0.1, 0.15) is 0 Å². The number of hydrogen-bond acceptors (Lipinski definition) is 0. The summed E-state index contributed by atoms with van der Waals surface area (Å²) in [4.78, 5) is -0.357. The number of rotatable bonds is 2. The first-order valence-corrected chi connectivity index (χ1v) is 11.7. The van der Waals surface area contributed by atoms with Crippen molar-refractivity contribution in [2.24, 2.45) is 0 Å². The SMILES string of the molecule is ClC(Cl)[CH2][Sn]([Cl])[Cl]. The van der Waals surface area contributed by atoms with Crippen LogP contribution in [0.25, 0.3) is 0 Å². The summed E-state index contributed by atoms with van der Waals surface area (Å²) in [7, 11) is 10.9. The Morgan fingerprint density at radius 3 is 1.71 bits per heavy atom. The molecule has 0 nitrogen and oxygen atoms in total. The molecule has 0 aromatic carbocycles. The molecule has 43 valence electrons. The van der Waals surface area contributed by atoms with Crippen molar-refractivity contribution in [3.8, 4) is 0 Å². The molecule has 0 spiro atoms. The Balaban J connectivity index is 2.95. The predicted octanol–water partition coefficient (Wildman–Crippen LogP) is 2.76. The van der Waals surface area contributed by atoms with Crippen molar-refractivity contribution in [2.75, 3.05) is 0 Å². The van der Waals surface area contributed by atoms with Gasteiger partial charge in [-0.2, -0.15) is 0 Å². The standard InChI is InChI=1S/C2H3Cl2.2ClH.Sn/c1-2(3)4;;;/h2H,1H2;2*1H;/q;;;+2/p-2.